The zero-order valence-electron chi connectivity index (χ0n) is 14.0. The first-order valence-electron chi connectivity index (χ1n) is 8.07. The highest BCUT2D eigenvalue weighted by Gasteiger charge is 2.86. The molecule has 0 spiro atoms. The van der Waals surface area contributed by atoms with E-state index in [1.807, 2.05) is 6.07 Å². The van der Waals surface area contributed by atoms with Crippen LogP contribution < -0.4 is 4.74 Å². The van der Waals surface area contributed by atoms with Gasteiger partial charge in [0.25, 0.3) is 0 Å². The molecule has 1 saturated carbocycles. The Labute approximate surface area is 167 Å². The van der Waals surface area contributed by atoms with Crippen molar-refractivity contribution in [1.29, 1.82) is 0 Å². The number of hydrogen-bond donors (Lipinski definition) is 0. The standard InChI is InChI=1S/C20H14Br2O4/c1-10(23)20-16(14-9-13(22)7-8-15(14)26-18(20)25)19(20,2)17(24)11-3-5-12(21)6-4-11/h3-9,16H,1-2H3/t16-,19-,20-/m0/s1. The van der Waals surface area contributed by atoms with Gasteiger partial charge in [-0.15, -0.1) is 0 Å². The monoisotopic (exact) mass is 476 g/mol. The Morgan fingerprint density at radius 3 is 2.27 bits per heavy atom. The number of fused-ring (bicyclic) bond motifs is 3. The lowest BCUT2D eigenvalue weighted by molar-refractivity contribution is -0.147. The summed E-state index contributed by atoms with van der Waals surface area (Å²) in [4.78, 5) is 38.8. The van der Waals surface area contributed by atoms with E-state index < -0.39 is 22.7 Å². The Balaban J connectivity index is 1.91. The van der Waals surface area contributed by atoms with Gasteiger partial charge in [0.2, 0.25) is 0 Å². The Morgan fingerprint density at radius 1 is 1.04 bits per heavy atom. The number of rotatable bonds is 3. The van der Waals surface area contributed by atoms with Crippen molar-refractivity contribution < 1.29 is 19.1 Å². The largest absolute Gasteiger partial charge is 0.425 e. The highest BCUT2D eigenvalue weighted by molar-refractivity contribution is 9.10. The molecule has 4 rings (SSSR count). The van der Waals surface area contributed by atoms with Gasteiger partial charge in [-0.25, -0.2) is 0 Å². The molecule has 1 fully saturated rings. The third-order valence-corrected chi connectivity index (χ3v) is 6.71. The van der Waals surface area contributed by atoms with Crippen molar-refractivity contribution in [3.8, 4) is 5.75 Å². The zero-order chi connectivity index (χ0) is 18.9. The predicted octanol–water partition coefficient (Wildman–Crippen LogP) is 4.69. The summed E-state index contributed by atoms with van der Waals surface area (Å²) < 4.78 is 7.12. The van der Waals surface area contributed by atoms with Crippen molar-refractivity contribution in [2.45, 2.75) is 19.8 Å². The van der Waals surface area contributed by atoms with Crippen LogP contribution in [0.5, 0.6) is 5.75 Å². The quantitative estimate of drug-likeness (QED) is 0.278. The molecule has 0 saturated heterocycles. The molecule has 1 aliphatic heterocycles. The molecule has 1 heterocycles. The van der Waals surface area contributed by atoms with Crippen molar-refractivity contribution in [3.63, 3.8) is 0 Å². The van der Waals surface area contributed by atoms with E-state index in [0.29, 0.717) is 16.9 Å². The van der Waals surface area contributed by atoms with Gasteiger partial charge in [0.1, 0.15) is 16.9 Å². The Bertz CT molecular complexity index is 982. The maximum absolute atomic E-state index is 13.4. The lowest BCUT2D eigenvalue weighted by Crippen LogP contribution is -2.37. The van der Waals surface area contributed by atoms with Crippen molar-refractivity contribution >= 4 is 49.4 Å². The highest BCUT2D eigenvalue weighted by atomic mass is 79.9. The van der Waals surface area contributed by atoms with Crippen LogP contribution >= 0.6 is 31.9 Å². The molecule has 132 valence electrons. The second-order valence-electron chi connectivity index (χ2n) is 6.91. The number of carbonyl (C=O) groups is 3. The summed E-state index contributed by atoms with van der Waals surface area (Å²) in [5, 5.41) is 0. The van der Waals surface area contributed by atoms with Crippen LogP contribution in [0.1, 0.15) is 35.7 Å². The molecule has 3 atom stereocenters. The lowest BCUT2D eigenvalue weighted by Gasteiger charge is -2.21. The summed E-state index contributed by atoms with van der Waals surface area (Å²) in [6.45, 7) is 3.05. The first kappa shape index (κ1) is 17.6. The van der Waals surface area contributed by atoms with Gasteiger partial charge in [-0.05, 0) is 37.3 Å². The summed E-state index contributed by atoms with van der Waals surface area (Å²) >= 11 is 6.77. The van der Waals surface area contributed by atoms with Crippen molar-refractivity contribution in [1.82, 2.24) is 0 Å². The van der Waals surface area contributed by atoms with Gasteiger partial charge in [-0.1, -0.05) is 50.9 Å². The first-order chi connectivity index (χ1) is 12.2. The van der Waals surface area contributed by atoms with E-state index >= 15 is 0 Å². The first-order valence-corrected chi connectivity index (χ1v) is 9.66. The van der Waals surface area contributed by atoms with Gasteiger partial charge in [-0.3, -0.25) is 14.4 Å². The summed E-state index contributed by atoms with van der Waals surface area (Å²) in [6.07, 6.45) is 0. The minimum absolute atomic E-state index is 0.227. The van der Waals surface area contributed by atoms with Crippen molar-refractivity contribution in [3.05, 3.63) is 62.5 Å². The number of ether oxygens (including phenoxy) is 1. The molecule has 1 aliphatic carbocycles. The fourth-order valence-electron chi connectivity index (χ4n) is 4.44. The number of Topliss-reactive ketones (excluding diaryl/α,β-unsaturated/α-hetero) is 2. The van der Waals surface area contributed by atoms with Crippen LogP contribution in [0.3, 0.4) is 0 Å². The summed E-state index contributed by atoms with van der Waals surface area (Å²) in [6, 6.07) is 12.2. The highest BCUT2D eigenvalue weighted by Crippen LogP contribution is 2.78. The zero-order valence-corrected chi connectivity index (χ0v) is 17.2. The molecule has 0 aromatic heterocycles. The molecule has 4 nitrogen and oxygen atoms in total. The van der Waals surface area contributed by atoms with Crippen LogP contribution in [-0.4, -0.2) is 17.5 Å². The second-order valence-corrected chi connectivity index (χ2v) is 8.74. The molecule has 0 radical (unpaired) electrons. The van der Waals surface area contributed by atoms with Crippen LogP contribution in [0.4, 0.5) is 0 Å². The minimum Gasteiger partial charge on any atom is -0.425 e. The average molecular weight is 478 g/mol. The molecular weight excluding hydrogens is 464 g/mol. The maximum Gasteiger partial charge on any atom is 0.326 e. The van der Waals surface area contributed by atoms with Gasteiger partial charge >= 0.3 is 5.97 Å². The molecule has 2 aromatic rings. The van der Waals surface area contributed by atoms with Gasteiger partial charge in [0.15, 0.2) is 5.78 Å². The molecule has 0 N–H and O–H groups in total. The third kappa shape index (κ3) is 2.03. The second kappa shape index (κ2) is 5.60. The normalized spacial score (nSPS) is 28.6. The van der Waals surface area contributed by atoms with E-state index in [4.69, 9.17) is 4.74 Å². The van der Waals surface area contributed by atoms with E-state index in [9.17, 15) is 14.4 Å². The van der Waals surface area contributed by atoms with E-state index in [0.717, 1.165) is 8.95 Å². The molecule has 6 heteroatoms. The number of benzene rings is 2. The summed E-state index contributed by atoms with van der Waals surface area (Å²) in [5.74, 6) is -1.33. The van der Waals surface area contributed by atoms with Gasteiger partial charge in [0.05, 0.1) is 5.41 Å². The fourth-order valence-corrected chi connectivity index (χ4v) is 5.08. The number of ketones is 2. The van der Waals surface area contributed by atoms with Crippen LogP contribution in [0.2, 0.25) is 0 Å². The third-order valence-electron chi connectivity index (χ3n) is 5.69. The van der Waals surface area contributed by atoms with Crippen molar-refractivity contribution in [2.75, 3.05) is 0 Å². The molecule has 2 aromatic carbocycles. The number of hydrogen-bond acceptors (Lipinski definition) is 4. The van der Waals surface area contributed by atoms with Gasteiger partial charge < -0.3 is 4.74 Å². The average Bonchev–Trinajstić information content (AvgIpc) is 3.20. The van der Waals surface area contributed by atoms with E-state index in [1.54, 1.807) is 43.3 Å². The Hall–Kier alpha value is -1.79. The lowest BCUT2D eigenvalue weighted by atomic mass is 9.85. The molecular formula is C20H14Br2O4. The smallest absolute Gasteiger partial charge is 0.326 e. The fraction of sp³-hybridized carbons (Fsp3) is 0.250. The Morgan fingerprint density at radius 2 is 1.65 bits per heavy atom. The maximum atomic E-state index is 13.4. The molecule has 0 bridgehead atoms. The summed E-state index contributed by atoms with van der Waals surface area (Å²) in [7, 11) is 0. The molecule has 2 aliphatic rings. The topological polar surface area (TPSA) is 60.4 Å². The van der Waals surface area contributed by atoms with Gasteiger partial charge in [0, 0.05) is 26.0 Å². The number of halogens is 2. The van der Waals surface area contributed by atoms with Crippen LogP contribution in [0, 0.1) is 10.8 Å². The molecule has 0 amide bonds. The summed E-state index contributed by atoms with van der Waals surface area (Å²) in [5.41, 5.74) is -1.46. The SMILES string of the molecule is CC(=O)[C@@]12C(=O)Oc3ccc(Br)cc3[C@H]1[C@@]2(C)C(=O)c1ccc(Br)cc1. The van der Waals surface area contributed by atoms with Crippen molar-refractivity contribution in [2.24, 2.45) is 10.8 Å². The van der Waals surface area contributed by atoms with E-state index in [2.05, 4.69) is 31.9 Å². The Kier molecular flexibility index (Phi) is 3.80. The van der Waals surface area contributed by atoms with Gasteiger partial charge in [-0.2, -0.15) is 0 Å². The van der Waals surface area contributed by atoms with Crippen LogP contribution in [0.25, 0.3) is 0 Å². The number of carbonyl (C=O) groups excluding carboxylic acids is 3. The van der Waals surface area contributed by atoms with Crippen LogP contribution in [-0.2, 0) is 9.59 Å². The van der Waals surface area contributed by atoms with E-state index in [1.165, 1.54) is 6.92 Å². The van der Waals surface area contributed by atoms with Crippen LogP contribution in [0.15, 0.2) is 51.4 Å². The van der Waals surface area contributed by atoms with E-state index in [-0.39, 0.29) is 11.6 Å². The molecule has 0 unspecified atom stereocenters. The number of esters is 1. The predicted molar refractivity (Wildman–Crippen MR) is 102 cm³/mol. The minimum atomic E-state index is -1.47. The molecule has 26 heavy (non-hydrogen) atoms.